The van der Waals surface area contributed by atoms with Crippen LogP contribution in [0.2, 0.25) is 0 Å². The lowest BCUT2D eigenvalue weighted by atomic mass is 9.98. The van der Waals surface area contributed by atoms with Crippen LogP contribution in [-0.2, 0) is 4.79 Å². The summed E-state index contributed by atoms with van der Waals surface area (Å²) >= 11 is 1.54. The molecule has 4 rings (SSSR count). The van der Waals surface area contributed by atoms with Gasteiger partial charge in [-0.1, -0.05) is 17.6 Å². The second-order valence-electron chi connectivity index (χ2n) is 8.50. The molecule has 1 saturated carbocycles. The van der Waals surface area contributed by atoms with E-state index in [-0.39, 0.29) is 29.9 Å². The van der Waals surface area contributed by atoms with Gasteiger partial charge in [0.15, 0.2) is 11.5 Å². The molecule has 1 aliphatic carbocycles. The molecular formula is C22H30N4O4S. The predicted octanol–water partition coefficient (Wildman–Crippen LogP) is 2.26. The maximum Gasteiger partial charge on any atom is 0.273 e. The van der Waals surface area contributed by atoms with Crippen LogP contribution in [0.5, 0.6) is 0 Å². The van der Waals surface area contributed by atoms with Gasteiger partial charge in [-0.3, -0.25) is 9.59 Å². The largest absolute Gasteiger partial charge is 0.393 e. The van der Waals surface area contributed by atoms with Crippen molar-refractivity contribution in [2.75, 3.05) is 26.2 Å². The van der Waals surface area contributed by atoms with Gasteiger partial charge in [0.2, 0.25) is 5.91 Å². The number of unbranched alkanes of at least 4 members (excludes halogenated alkanes) is 2. The number of hydrogen-bond donors (Lipinski definition) is 3. The van der Waals surface area contributed by atoms with E-state index >= 15 is 0 Å². The molecule has 168 valence electrons. The number of carbonyl (C=O) groups excluding carboxylic acids is 2. The lowest BCUT2D eigenvalue weighted by molar-refractivity contribution is -0.130. The molecule has 9 heteroatoms. The first-order valence-corrected chi connectivity index (χ1v) is 12.0. The maximum absolute atomic E-state index is 12.2. The van der Waals surface area contributed by atoms with Crippen molar-refractivity contribution >= 4 is 23.2 Å². The van der Waals surface area contributed by atoms with Gasteiger partial charge in [-0.2, -0.15) is 0 Å². The summed E-state index contributed by atoms with van der Waals surface area (Å²) in [5.41, 5.74) is 0.306. The average molecular weight is 447 g/mol. The number of aliphatic hydroxyl groups excluding tert-OH is 1. The molecule has 0 spiro atoms. The van der Waals surface area contributed by atoms with Crippen molar-refractivity contribution in [1.29, 1.82) is 0 Å². The third-order valence-corrected chi connectivity index (χ3v) is 6.91. The summed E-state index contributed by atoms with van der Waals surface area (Å²) in [6.07, 6.45) is 5.07. The van der Waals surface area contributed by atoms with Crippen molar-refractivity contribution in [1.82, 2.24) is 20.7 Å². The van der Waals surface area contributed by atoms with Gasteiger partial charge in [0.1, 0.15) is 0 Å². The monoisotopic (exact) mass is 446 g/mol. The summed E-state index contributed by atoms with van der Waals surface area (Å²) in [6, 6.07) is 5.68. The Labute approximate surface area is 186 Å². The molecule has 3 heterocycles. The topological polar surface area (TPSA) is 108 Å². The first kappa shape index (κ1) is 22.0. The average Bonchev–Trinajstić information content (AvgIpc) is 3.47. The molecular weight excluding hydrogens is 416 g/mol. The Kier molecular flexibility index (Phi) is 7.37. The van der Waals surface area contributed by atoms with Gasteiger partial charge in [-0.05, 0) is 50.1 Å². The van der Waals surface area contributed by atoms with Crippen LogP contribution in [-0.4, -0.2) is 65.3 Å². The summed E-state index contributed by atoms with van der Waals surface area (Å²) in [5, 5.41) is 21.3. The fourth-order valence-electron chi connectivity index (χ4n) is 4.17. The van der Waals surface area contributed by atoms with Crippen LogP contribution >= 0.6 is 11.3 Å². The molecule has 0 bridgehead atoms. The minimum atomic E-state index is -0.257. The number of rotatable bonds is 10. The normalized spacial score (nSPS) is 21.7. The smallest absolute Gasteiger partial charge is 0.273 e. The second-order valence-corrected chi connectivity index (χ2v) is 9.45. The van der Waals surface area contributed by atoms with Crippen LogP contribution < -0.4 is 10.6 Å². The van der Waals surface area contributed by atoms with E-state index in [9.17, 15) is 14.7 Å². The highest BCUT2D eigenvalue weighted by molar-refractivity contribution is 7.13. The van der Waals surface area contributed by atoms with E-state index < -0.39 is 0 Å². The minimum absolute atomic E-state index is 0.0820. The molecule has 2 aliphatic rings. The Hall–Kier alpha value is -2.23. The summed E-state index contributed by atoms with van der Waals surface area (Å²) in [6.45, 7) is 3.22. The van der Waals surface area contributed by atoms with Gasteiger partial charge in [-0.25, -0.2) is 0 Å². The van der Waals surface area contributed by atoms with Crippen LogP contribution in [0.25, 0.3) is 10.6 Å². The number of amides is 2. The zero-order valence-corrected chi connectivity index (χ0v) is 18.4. The molecule has 2 fully saturated rings. The number of nitrogens with one attached hydrogen (secondary N) is 2. The van der Waals surface area contributed by atoms with Crippen LogP contribution in [0, 0.1) is 5.92 Å². The van der Waals surface area contributed by atoms with Crippen molar-refractivity contribution in [3.63, 3.8) is 0 Å². The number of likely N-dealkylation sites (tertiary alicyclic amines) is 1. The van der Waals surface area contributed by atoms with Gasteiger partial charge in [0.05, 0.1) is 16.9 Å². The summed E-state index contributed by atoms with van der Waals surface area (Å²) in [5.74, 6) is 0.618. The van der Waals surface area contributed by atoms with E-state index in [0.717, 1.165) is 56.6 Å². The van der Waals surface area contributed by atoms with Crippen molar-refractivity contribution in [3.8, 4) is 10.6 Å². The lowest BCUT2D eigenvalue weighted by Crippen LogP contribution is -2.54. The number of nitrogens with zero attached hydrogens (tertiary/aromatic N) is 2. The molecule has 1 aliphatic heterocycles. The van der Waals surface area contributed by atoms with Crippen molar-refractivity contribution in [2.24, 2.45) is 5.92 Å². The SMILES string of the molecule is O=C(NCCCCCN1CC(C(=O)NC2CCC(O)C2)C1)c1cc(-c2cccs2)on1. The Morgan fingerprint density at radius 3 is 2.87 bits per heavy atom. The van der Waals surface area contributed by atoms with E-state index in [1.165, 1.54) is 0 Å². The second kappa shape index (κ2) is 10.4. The van der Waals surface area contributed by atoms with E-state index in [2.05, 4.69) is 20.7 Å². The molecule has 0 aromatic carbocycles. The van der Waals surface area contributed by atoms with Crippen molar-refractivity contribution < 1.29 is 19.2 Å². The van der Waals surface area contributed by atoms with Gasteiger partial charge >= 0.3 is 0 Å². The molecule has 0 radical (unpaired) electrons. The molecule has 1 saturated heterocycles. The summed E-state index contributed by atoms with van der Waals surface area (Å²) < 4.78 is 5.24. The molecule has 3 N–H and O–H groups in total. The fraction of sp³-hybridized carbons (Fsp3) is 0.591. The van der Waals surface area contributed by atoms with Gasteiger partial charge < -0.3 is 25.2 Å². The zero-order valence-electron chi connectivity index (χ0n) is 17.6. The number of aliphatic hydroxyl groups is 1. The quantitative estimate of drug-likeness (QED) is 0.483. The Morgan fingerprint density at radius 2 is 2.13 bits per heavy atom. The molecule has 8 nitrogen and oxygen atoms in total. The highest BCUT2D eigenvalue weighted by Gasteiger charge is 2.34. The predicted molar refractivity (Wildman–Crippen MR) is 118 cm³/mol. The Balaban J connectivity index is 1.03. The molecule has 2 amide bonds. The number of hydrogen-bond acceptors (Lipinski definition) is 7. The van der Waals surface area contributed by atoms with E-state index in [4.69, 9.17) is 4.52 Å². The third kappa shape index (κ3) is 5.93. The van der Waals surface area contributed by atoms with Gasteiger partial charge in [0, 0.05) is 31.7 Å². The zero-order chi connectivity index (χ0) is 21.6. The lowest BCUT2D eigenvalue weighted by Gasteiger charge is -2.38. The number of aromatic nitrogens is 1. The molecule has 2 unspecified atom stereocenters. The standard InChI is InChI=1S/C22H30N4O4S/c27-17-7-6-16(11-17)24-21(28)15-13-26(14-15)9-3-1-2-8-23-22(29)18-12-19(30-25-18)20-5-4-10-31-20/h4-5,10,12,15-17,27H,1-3,6-9,11,13-14H2,(H,23,29)(H,24,28). The number of thiophene rings is 1. The molecule has 31 heavy (non-hydrogen) atoms. The van der Waals surface area contributed by atoms with Crippen LogP contribution in [0.3, 0.4) is 0 Å². The van der Waals surface area contributed by atoms with E-state index in [1.54, 1.807) is 17.4 Å². The highest BCUT2D eigenvalue weighted by atomic mass is 32.1. The number of carbonyl (C=O) groups is 2. The Morgan fingerprint density at radius 1 is 1.26 bits per heavy atom. The van der Waals surface area contributed by atoms with Gasteiger partial charge in [0.25, 0.3) is 5.91 Å². The maximum atomic E-state index is 12.2. The third-order valence-electron chi connectivity index (χ3n) is 6.02. The highest BCUT2D eigenvalue weighted by Crippen LogP contribution is 2.25. The molecule has 2 aromatic rings. The van der Waals surface area contributed by atoms with Crippen LogP contribution in [0.1, 0.15) is 49.0 Å². The van der Waals surface area contributed by atoms with Gasteiger partial charge in [-0.15, -0.1) is 11.3 Å². The first-order chi connectivity index (χ1) is 15.1. The van der Waals surface area contributed by atoms with E-state index in [1.807, 2.05) is 17.5 Å². The first-order valence-electron chi connectivity index (χ1n) is 11.1. The Bertz CT molecular complexity index is 863. The van der Waals surface area contributed by atoms with Crippen LogP contribution in [0.15, 0.2) is 28.1 Å². The minimum Gasteiger partial charge on any atom is -0.393 e. The van der Waals surface area contributed by atoms with E-state index in [0.29, 0.717) is 24.4 Å². The molecule has 2 aromatic heterocycles. The molecule has 2 atom stereocenters. The van der Waals surface area contributed by atoms with Crippen LogP contribution in [0.4, 0.5) is 0 Å². The van der Waals surface area contributed by atoms with Crippen molar-refractivity contribution in [3.05, 3.63) is 29.3 Å². The summed E-state index contributed by atoms with van der Waals surface area (Å²) in [7, 11) is 0. The van der Waals surface area contributed by atoms with Crippen molar-refractivity contribution in [2.45, 2.75) is 50.7 Å². The fourth-order valence-corrected chi connectivity index (χ4v) is 4.85. The summed E-state index contributed by atoms with van der Waals surface area (Å²) in [4.78, 5) is 27.7.